The van der Waals surface area contributed by atoms with Gasteiger partial charge in [-0.1, -0.05) is 170 Å². The first-order valence-electron chi connectivity index (χ1n) is 22.1. The molecule has 0 radical (unpaired) electrons. The predicted molar refractivity (Wildman–Crippen MR) is 239 cm³/mol. The van der Waals surface area contributed by atoms with Crippen LogP contribution in [0, 0.1) is 30.7 Å². The number of hydrogen-bond acceptors (Lipinski definition) is 12. The molecular formula is C52H52Cl3O12P2Rh. The zero-order valence-corrected chi connectivity index (χ0v) is 43.6. The Bertz CT molecular complexity index is 2230. The van der Waals surface area contributed by atoms with E-state index in [4.69, 9.17) is 55.9 Å². The predicted octanol–water partition coefficient (Wildman–Crippen LogP) is -2.97. The molecule has 0 fully saturated rings. The topological polar surface area (TPSA) is 277 Å². The number of halogens is 3. The van der Waals surface area contributed by atoms with Crippen LogP contribution < -0.4 is 87.7 Å². The molecule has 18 heteroatoms. The molecule has 0 unspecified atom stereocenters. The fraction of sp³-hybridized carbons (Fsp3) is 0.231. The van der Waals surface area contributed by atoms with Gasteiger partial charge in [0, 0.05) is 0 Å². The average molecular weight is 1140 g/mol. The summed E-state index contributed by atoms with van der Waals surface area (Å²) in [6.45, 7) is 0. The molecule has 6 aromatic rings. The molecule has 12 nitrogen and oxygen atoms in total. The van der Waals surface area contributed by atoms with E-state index in [2.05, 4.69) is 170 Å². The second kappa shape index (κ2) is 29.4. The van der Waals surface area contributed by atoms with Gasteiger partial charge in [-0.2, -0.15) is 0 Å². The van der Waals surface area contributed by atoms with Crippen LogP contribution in [0.4, 0.5) is 0 Å². The second-order valence-corrected chi connectivity index (χ2v) is 22.5. The summed E-state index contributed by atoms with van der Waals surface area (Å²) in [4.78, 5) is 0. The smallest absolute Gasteiger partial charge is 0.222 e. The molecule has 0 N–H and O–H groups in total. The van der Waals surface area contributed by atoms with Crippen molar-refractivity contribution in [2.45, 2.75) is 77.0 Å². The molecular weight excluding hydrogens is 1090 g/mol. The summed E-state index contributed by atoms with van der Waals surface area (Å²) in [5.74, 6) is 0. The molecule has 6 aromatic carbocycles. The molecule has 372 valence electrons. The van der Waals surface area contributed by atoms with Crippen LogP contribution in [0.1, 0.15) is 73.6 Å². The van der Waals surface area contributed by atoms with E-state index in [1.165, 1.54) is 109 Å². The van der Waals surface area contributed by atoms with E-state index in [1.807, 2.05) is 0 Å². The third kappa shape index (κ3) is 20.7. The second-order valence-electron chi connectivity index (χ2n) is 15.9. The van der Waals surface area contributed by atoms with Crippen molar-refractivity contribution in [3.63, 3.8) is 0 Å². The Morgan fingerprint density at radius 2 is 0.529 bits per heavy atom. The minimum Gasteiger partial charge on any atom is -0.222 e. The summed E-state index contributed by atoms with van der Waals surface area (Å²) in [6, 6.07) is 55.5. The maximum atomic E-state index is 8.49. The van der Waals surface area contributed by atoms with E-state index >= 15 is 0 Å². The minimum absolute atomic E-state index is 0. The van der Waals surface area contributed by atoms with Crippen molar-refractivity contribution in [2.24, 2.45) is 0 Å². The first-order valence-corrected chi connectivity index (χ1v) is 28.5. The van der Waals surface area contributed by atoms with Crippen molar-refractivity contribution in [1.29, 1.82) is 0 Å². The molecule has 0 aliphatic heterocycles. The molecule has 0 saturated carbocycles. The number of fused-ring (bicyclic) bond motifs is 2. The van der Waals surface area contributed by atoms with Crippen LogP contribution in [0.25, 0.3) is 11.1 Å². The summed E-state index contributed by atoms with van der Waals surface area (Å²) in [5, 5.41) is 8.79. The van der Waals surface area contributed by atoms with Gasteiger partial charge in [-0.05, 0) is 158 Å². The van der Waals surface area contributed by atoms with Crippen molar-refractivity contribution in [2.75, 3.05) is 0 Å². The van der Waals surface area contributed by atoms with Crippen molar-refractivity contribution in [3.05, 3.63) is 192 Å². The largest absolute Gasteiger partial charge is 3.00 e. The van der Waals surface area contributed by atoms with E-state index in [0.29, 0.717) is 0 Å². The molecule has 0 atom stereocenters. The molecule has 0 spiro atoms. The van der Waals surface area contributed by atoms with Crippen molar-refractivity contribution in [3.8, 4) is 11.1 Å². The Labute approximate surface area is 431 Å². The standard InChI is InChI=1S/C44H40P2.C8H12.3ClHO4.Rh/c1-5-19-35(20-6-1)45(36-21-7-2-8-22-36)41-31-29-33-17-13-15-27-39(33)43(41)44-40-28-16-14-18-34(40)30-32-42(44)46(37-23-9-3-10-24-37)38-25-11-4-12-26-38;1-2-4-6-8-7-5-3-1;3*2-1(3,4)5;/h1-12,19-26,29-32H,13-18,27-28H2;1-2,7-8H,3-6H2;3*(H,2,3,4,5);/q;;;;;+3/p-3/b;2-1-,8-7?;;;;. The Kier molecular flexibility index (Phi) is 24.9. The van der Waals surface area contributed by atoms with E-state index in [9.17, 15) is 0 Å². The van der Waals surface area contributed by atoms with Gasteiger partial charge in [0.05, 0.1) is 0 Å². The zero-order chi connectivity index (χ0) is 49.9. The SMILES string of the molecule is C1=CCC/C=C\CC1.[O-][Cl+3]([O-])([O-])[O-].[O-][Cl+3]([O-])([O-])[O-].[O-][Cl+3]([O-])([O-])[O-].[Rh+3].c1ccc(P(c2ccccc2)c2ccc3c(c2-c2c(P(c4ccccc4)c4ccccc4)ccc4c2CCCC4)CCCC3)cc1. The van der Waals surface area contributed by atoms with Gasteiger partial charge in [-0.15, -0.1) is 30.7 Å². The van der Waals surface area contributed by atoms with E-state index in [0.717, 1.165) is 0 Å². The Balaban J connectivity index is 0.000000368. The summed E-state index contributed by atoms with van der Waals surface area (Å²) < 4.78 is 102. The Hall–Kier alpha value is -3.33. The van der Waals surface area contributed by atoms with Gasteiger partial charge in [0.2, 0.25) is 0 Å². The van der Waals surface area contributed by atoms with Crippen LogP contribution in [0.3, 0.4) is 0 Å². The van der Waals surface area contributed by atoms with Gasteiger partial charge in [-0.3, -0.25) is 0 Å². The third-order valence-electron chi connectivity index (χ3n) is 11.1. The summed E-state index contributed by atoms with van der Waals surface area (Å²) in [7, 11) is -16.3. The van der Waals surface area contributed by atoms with E-state index in [1.54, 1.807) is 33.4 Å². The molecule has 3 aliphatic rings. The van der Waals surface area contributed by atoms with Crippen LogP contribution in [-0.2, 0) is 45.2 Å². The Morgan fingerprint density at radius 3 is 0.771 bits per heavy atom. The number of allylic oxidation sites excluding steroid dienone is 4. The molecule has 0 aromatic heterocycles. The van der Waals surface area contributed by atoms with Gasteiger partial charge >= 0.3 is 19.5 Å². The van der Waals surface area contributed by atoms with Gasteiger partial charge in [0.15, 0.2) is 0 Å². The van der Waals surface area contributed by atoms with Crippen LogP contribution in [0.5, 0.6) is 0 Å². The molecule has 9 rings (SSSR count). The quantitative estimate of drug-likeness (QED) is 0.0881. The normalized spacial score (nSPS) is 14.7. The van der Waals surface area contributed by atoms with Crippen molar-refractivity contribution >= 4 is 47.7 Å². The summed E-state index contributed by atoms with van der Waals surface area (Å²) in [5.41, 5.74) is 9.54. The van der Waals surface area contributed by atoms with Gasteiger partial charge < -0.3 is 0 Å². The van der Waals surface area contributed by atoms with E-state index in [-0.39, 0.29) is 19.5 Å². The number of rotatable bonds is 7. The van der Waals surface area contributed by atoms with Crippen molar-refractivity contribution in [1.82, 2.24) is 0 Å². The molecule has 70 heavy (non-hydrogen) atoms. The molecule has 0 amide bonds. The monoisotopic (exact) mass is 1140 g/mol. The zero-order valence-electron chi connectivity index (χ0n) is 37.9. The summed E-state index contributed by atoms with van der Waals surface area (Å²) >= 11 is 0. The molecule has 0 heterocycles. The van der Waals surface area contributed by atoms with E-state index < -0.39 is 46.6 Å². The van der Waals surface area contributed by atoms with Gasteiger partial charge in [0.1, 0.15) is 0 Å². The molecule has 0 saturated heterocycles. The Morgan fingerprint density at radius 1 is 0.300 bits per heavy atom. The van der Waals surface area contributed by atoms with Crippen LogP contribution in [0.15, 0.2) is 170 Å². The summed E-state index contributed by atoms with van der Waals surface area (Å²) in [6.07, 6.45) is 23.8. The van der Waals surface area contributed by atoms with Gasteiger partial charge in [-0.25, -0.2) is 55.9 Å². The maximum Gasteiger partial charge on any atom is 3.00 e. The minimum atomic E-state index is -4.94. The van der Waals surface area contributed by atoms with Gasteiger partial charge in [0.25, 0.3) is 0 Å². The molecule has 3 aliphatic carbocycles. The van der Waals surface area contributed by atoms with Crippen LogP contribution >= 0.6 is 15.8 Å². The number of hydrogen-bond donors (Lipinski definition) is 0. The number of aryl methyl sites for hydroxylation is 2. The first kappa shape index (κ1) is 59.2. The third-order valence-corrected chi connectivity index (χ3v) is 16.1. The van der Waals surface area contributed by atoms with Crippen LogP contribution in [0.2, 0.25) is 0 Å². The fourth-order valence-electron chi connectivity index (χ4n) is 8.58. The van der Waals surface area contributed by atoms with Crippen molar-refractivity contribution < 1.29 is 106 Å². The molecule has 0 bridgehead atoms. The number of benzene rings is 6. The fourth-order valence-corrected chi connectivity index (χ4v) is 13.6. The average Bonchev–Trinajstić information content (AvgIpc) is 3.29. The first-order chi connectivity index (χ1) is 32.9. The van der Waals surface area contributed by atoms with Crippen LogP contribution in [-0.4, -0.2) is 0 Å². The maximum absolute atomic E-state index is 8.49.